The molecule has 3 N–H and O–H groups in total. The Kier molecular flexibility index (Phi) is 6.29. The first kappa shape index (κ1) is 24.6. The van der Waals surface area contributed by atoms with Crippen LogP contribution >= 0.6 is 0 Å². The van der Waals surface area contributed by atoms with Gasteiger partial charge in [-0.2, -0.15) is 0 Å². The van der Waals surface area contributed by atoms with Crippen molar-refractivity contribution in [2.24, 2.45) is 23.2 Å². The number of aromatic nitrogens is 2. The second-order valence-corrected chi connectivity index (χ2v) is 12.8. The van der Waals surface area contributed by atoms with Crippen molar-refractivity contribution in [2.45, 2.75) is 76.7 Å². The number of carbonyl (C=O) groups is 2. The van der Waals surface area contributed by atoms with Gasteiger partial charge in [-0.25, -0.2) is 4.98 Å². The smallest absolute Gasteiger partial charge is 0.251 e. The van der Waals surface area contributed by atoms with Crippen LogP contribution in [0.15, 0.2) is 54.7 Å². The maximum absolute atomic E-state index is 13.4. The first-order valence-corrected chi connectivity index (χ1v) is 14.9. The number of imidazole rings is 1. The first-order valence-electron chi connectivity index (χ1n) is 14.9. The van der Waals surface area contributed by atoms with Gasteiger partial charge in [0.05, 0.1) is 17.3 Å². The summed E-state index contributed by atoms with van der Waals surface area (Å²) in [6.07, 6.45) is 14.9. The third-order valence-electron chi connectivity index (χ3n) is 9.91. The molecule has 3 aromatic rings. The van der Waals surface area contributed by atoms with Gasteiger partial charge in [0, 0.05) is 22.9 Å². The lowest BCUT2D eigenvalue weighted by Gasteiger charge is -2.55. The number of H-pyrrole nitrogens is 1. The zero-order valence-electron chi connectivity index (χ0n) is 22.5. The van der Waals surface area contributed by atoms with E-state index in [1.165, 1.54) is 38.5 Å². The van der Waals surface area contributed by atoms with Gasteiger partial charge >= 0.3 is 0 Å². The molecule has 0 unspecified atom stereocenters. The predicted molar refractivity (Wildman–Crippen MR) is 153 cm³/mol. The van der Waals surface area contributed by atoms with Crippen molar-refractivity contribution in [1.29, 1.82) is 0 Å². The number of nitrogens with one attached hydrogen (secondary N) is 3. The summed E-state index contributed by atoms with van der Waals surface area (Å²) < 4.78 is 0. The van der Waals surface area contributed by atoms with E-state index in [1.54, 1.807) is 0 Å². The highest BCUT2D eigenvalue weighted by molar-refractivity contribution is 5.96. The van der Waals surface area contributed by atoms with E-state index < -0.39 is 0 Å². The monoisotopic (exact) mass is 522 g/mol. The van der Waals surface area contributed by atoms with Gasteiger partial charge in [0.2, 0.25) is 5.91 Å². The van der Waals surface area contributed by atoms with Crippen LogP contribution in [0.25, 0.3) is 22.6 Å². The van der Waals surface area contributed by atoms with Crippen molar-refractivity contribution >= 4 is 17.5 Å². The Balaban J connectivity index is 0.989. The largest absolute Gasteiger partial charge is 0.349 e. The van der Waals surface area contributed by atoms with Crippen LogP contribution < -0.4 is 10.6 Å². The number of hydrogen-bond acceptors (Lipinski definition) is 3. The molecule has 0 atom stereocenters. The van der Waals surface area contributed by atoms with E-state index in [1.807, 2.05) is 54.7 Å². The summed E-state index contributed by atoms with van der Waals surface area (Å²) in [5.74, 6) is 3.29. The molecule has 5 saturated carbocycles. The minimum absolute atomic E-state index is 0.00845. The van der Waals surface area contributed by atoms with E-state index >= 15 is 0 Å². The lowest BCUT2D eigenvalue weighted by Crippen LogP contribution is -2.51. The third kappa shape index (κ3) is 4.90. The number of hydrogen-bond donors (Lipinski definition) is 3. The minimum atomic E-state index is -0.143. The molecule has 5 aliphatic rings. The van der Waals surface area contributed by atoms with Crippen LogP contribution in [0.2, 0.25) is 0 Å². The predicted octanol–water partition coefficient (Wildman–Crippen LogP) is 6.96. The zero-order chi connectivity index (χ0) is 26.4. The van der Waals surface area contributed by atoms with Crippen LogP contribution in [0.3, 0.4) is 0 Å². The summed E-state index contributed by atoms with van der Waals surface area (Å²) in [4.78, 5) is 34.0. The SMILES string of the molecule is O=C(NC1CCCCC1)c1ccc(-c2cnc(-c3ccc(NC(=O)C45CC6CC(CC(C6)C4)C5)cc3)[nH]2)cc1. The molecule has 0 saturated heterocycles. The van der Waals surface area contributed by atoms with Gasteiger partial charge in [0.15, 0.2) is 0 Å². The molecular weight excluding hydrogens is 484 g/mol. The summed E-state index contributed by atoms with van der Waals surface area (Å²) in [7, 11) is 0. The minimum Gasteiger partial charge on any atom is -0.349 e. The van der Waals surface area contributed by atoms with Crippen LogP contribution in [0.4, 0.5) is 5.69 Å². The second kappa shape index (κ2) is 9.96. The Bertz CT molecular complexity index is 1320. The second-order valence-electron chi connectivity index (χ2n) is 12.8. The number of anilines is 1. The van der Waals surface area contributed by atoms with Crippen molar-refractivity contribution in [3.63, 3.8) is 0 Å². The molecule has 202 valence electrons. The van der Waals surface area contributed by atoms with E-state index in [9.17, 15) is 9.59 Å². The Labute approximate surface area is 230 Å². The number of amides is 2. The van der Waals surface area contributed by atoms with Crippen LogP contribution in [-0.2, 0) is 4.79 Å². The fraction of sp³-hybridized carbons (Fsp3) is 0.485. The van der Waals surface area contributed by atoms with E-state index in [0.717, 1.165) is 78.2 Å². The number of carbonyl (C=O) groups excluding carboxylic acids is 2. The van der Waals surface area contributed by atoms with Crippen LogP contribution in [0.5, 0.6) is 0 Å². The van der Waals surface area contributed by atoms with Crippen molar-refractivity contribution in [2.75, 3.05) is 5.32 Å². The van der Waals surface area contributed by atoms with Gasteiger partial charge in [-0.3, -0.25) is 9.59 Å². The fourth-order valence-corrected chi connectivity index (χ4v) is 8.30. The van der Waals surface area contributed by atoms with Gasteiger partial charge in [0.25, 0.3) is 5.91 Å². The number of aromatic amines is 1. The number of benzene rings is 2. The standard InChI is InChI=1S/C33H38N4O2/c38-31(35-27-4-2-1-3-5-27)26-8-6-24(7-9-26)29-20-34-30(37-29)25-10-12-28(13-11-25)36-32(39)33-17-21-14-22(18-33)16-23(15-21)19-33/h6-13,20-23,27H,1-5,14-19H2,(H,34,37)(H,35,38)(H,36,39). The van der Waals surface area contributed by atoms with E-state index in [-0.39, 0.29) is 17.2 Å². The summed E-state index contributed by atoms with van der Waals surface area (Å²) in [6, 6.07) is 16.0. The Hall–Kier alpha value is -3.41. The maximum Gasteiger partial charge on any atom is 0.251 e. The molecule has 0 aliphatic heterocycles. The summed E-state index contributed by atoms with van der Waals surface area (Å²) in [5.41, 5.74) is 4.27. The molecule has 4 bridgehead atoms. The molecule has 2 aromatic carbocycles. The molecule has 0 radical (unpaired) electrons. The average Bonchev–Trinajstić information content (AvgIpc) is 3.44. The Morgan fingerprint density at radius 3 is 2.05 bits per heavy atom. The highest BCUT2D eigenvalue weighted by atomic mass is 16.2. The number of rotatable bonds is 6. The topological polar surface area (TPSA) is 86.9 Å². The van der Waals surface area contributed by atoms with Crippen molar-refractivity contribution in [3.8, 4) is 22.6 Å². The van der Waals surface area contributed by atoms with Gasteiger partial charge in [-0.1, -0.05) is 31.4 Å². The molecule has 6 heteroatoms. The van der Waals surface area contributed by atoms with Gasteiger partial charge in [-0.05, 0) is 111 Å². The van der Waals surface area contributed by atoms with Crippen molar-refractivity contribution in [1.82, 2.24) is 15.3 Å². The Morgan fingerprint density at radius 2 is 1.41 bits per heavy atom. The molecule has 6 nitrogen and oxygen atoms in total. The molecule has 1 aromatic heterocycles. The zero-order valence-corrected chi connectivity index (χ0v) is 22.5. The van der Waals surface area contributed by atoms with E-state index in [4.69, 9.17) is 0 Å². The number of nitrogens with zero attached hydrogens (tertiary/aromatic N) is 1. The van der Waals surface area contributed by atoms with Gasteiger partial charge < -0.3 is 15.6 Å². The maximum atomic E-state index is 13.4. The summed E-state index contributed by atoms with van der Waals surface area (Å²) in [6.45, 7) is 0. The van der Waals surface area contributed by atoms with Crippen LogP contribution in [0.1, 0.15) is 81.0 Å². The molecule has 39 heavy (non-hydrogen) atoms. The van der Waals surface area contributed by atoms with Crippen molar-refractivity contribution < 1.29 is 9.59 Å². The van der Waals surface area contributed by atoms with Crippen LogP contribution in [0, 0.1) is 23.2 Å². The molecule has 0 spiro atoms. The average molecular weight is 523 g/mol. The normalized spacial score (nSPS) is 27.8. The molecule has 5 fully saturated rings. The van der Waals surface area contributed by atoms with Gasteiger partial charge in [0.1, 0.15) is 5.82 Å². The molecular formula is C33H38N4O2. The Morgan fingerprint density at radius 1 is 0.795 bits per heavy atom. The third-order valence-corrected chi connectivity index (χ3v) is 9.91. The molecule has 5 aliphatic carbocycles. The van der Waals surface area contributed by atoms with Gasteiger partial charge in [-0.15, -0.1) is 0 Å². The molecule has 2 amide bonds. The lowest BCUT2D eigenvalue weighted by molar-refractivity contribution is -0.140. The highest BCUT2D eigenvalue weighted by Gasteiger charge is 2.54. The quantitative estimate of drug-likeness (QED) is 0.327. The summed E-state index contributed by atoms with van der Waals surface area (Å²) >= 11 is 0. The lowest BCUT2D eigenvalue weighted by atomic mass is 9.49. The molecule has 8 rings (SSSR count). The van der Waals surface area contributed by atoms with Crippen LogP contribution in [-0.4, -0.2) is 27.8 Å². The van der Waals surface area contributed by atoms with E-state index in [2.05, 4.69) is 20.6 Å². The van der Waals surface area contributed by atoms with E-state index in [0.29, 0.717) is 11.6 Å². The highest BCUT2D eigenvalue weighted by Crippen LogP contribution is 2.60. The van der Waals surface area contributed by atoms with Crippen molar-refractivity contribution in [3.05, 3.63) is 60.3 Å². The fourth-order valence-electron chi connectivity index (χ4n) is 8.30. The molecule has 1 heterocycles. The first-order chi connectivity index (χ1) is 19.0. The summed E-state index contributed by atoms with van der Waals surface area (Å²) in [5, 5.41) is 6.43.